The van der Waals surface area contributed by atoms with Crippen LogP contribution in [0.4, 0.5) is 11.6 Å². The Morgan fingerprint density at radius 1 is 1.19 bits per heavy atom. The maximum Gasteiger partial charge on any atom is 0.153 e. The van der Waals surface area contributed by atoms with E-state index in [1.165, 1.54) is 10.9 Å². The minimum absolute atomic E-state index is 0. The molecule has 4 heterocycles. The molecule has 0 aromatic carbocycles. The molecule has 0 amide bonds. The van der Waals surface area contributed by atoms with Crippen LogP contribution in [0.25, 0.3) is 10.9 Å². The minimum atomic E-state index is 0. The first kappa shape index (κ1) is 19.5. The molecule has 1 fully saturated rings. The number of nitrogens with one attached hydrogen (secondary N) is 2. The quantitative estimate of drug-likeness (QED) is 0.602. The number of aromatic amines is 1. The van der Waals surface area contributed by atoms with E-state index in [-0.39, 0.29) is 12.4 Å². The normalized spacial score (nSPS) is 14.9. The monoisotopic (exact) mass is 387 g/mol. The van der Waals surface area contributed by atoms with Gasteiger partial charge in [-0.25, -0.2) is 4.98 Å². The molecule has 144 valence electrons. The van der Waals surface area contributed by atoms with E-state index < -0.39 is 0 Å². The number of anilines is 2. The summed E-state index contributed by atoms with van der Waals surface area (Å²) in [6, 6.07) is 8.27. The summed E-state index contributed by atoms with van der Waals surface area (Å²) >= 11 is 0. The average molecular weight is 388 g/mol. The first-order valence-corrected chi connectivity index (χ1v) is 9.30. The van der Waals surface area contributed by atoms with Crippen LogP contribution in [0.1, 0.15) is 24.8 Å². The predicted octanol–water partition coefficient (Wildman–Crippen LogP) is 3.59. The van der Waals surface area contributed by atoms with Gasteiger partial charge in [0.1, 0.15) is 5.82 Å². The molecule has 0 atom stereocenters. The summed E-state index contributed by atoms with van der Waals surface area (Å²) in [6.45, 7) is 3.00. The van der Waals surface area contributed by atoms with E-state index in [4.69, 9.17) is 10.1 Å². The molecule has 0 spiro atoms. The number of hydrogen-bond donors (Lipinski definition) is 3. The van der Waals surface area contributed by atoms with Crippen molar-refractivity contribution in [2.75, 3.05) is 29.9 Å². The molecule has 0 aliphatic carbocycles. The fraction of sp³-hybridized carbons (Fsp3) is 0.400. The Bertz CT molecular complexity index is 846. The molecular formula is C20H26ClN5O. The standard InChI is InChI=1S/C20H25N5O.ClH/c26-12-6-15-4-10-25(11-5-15)18-13-17-3-9-22-19(17)20(24-18)23-14-16-1-7-21-8-2-16;/h1-3,7-9,13,15,22,26H,4-6,10-12,14H2,(H,23,24);1H. The minimum Gasteiger partial charge on any atom is -0.396 e. The maximum absolute atomic E-state index is 9.14. The van der Waals surface area contributed by atoms with Crippen LogP contribution in [0.2, 0.25) is 0 Å². The van der Waals surface area contributed by atoms with Gasteiger partial charge in [-0.3, -0.25) is 4.98 Å². The molecule has 3 N–H and O–H groups in total. The Morgan fingerprint density at radius 3 is 2.70 bits per heavy atom. The zero-order valence-electron chi connectivity index (χ0n) is 15.3. The van der Waals surface area contributed by atoms with Crippen molar-refractivity contribution in [1.82, 2.24) is 15.0 Å². The number of nitrogens with zero attached hydrogens (tertiary/aromatic N) is 3. The lowest BCUT2D eigenvalue weighted by Crippen LogP contribution is -2.34. The van der Waals surface area contributed by atoms with Gasteiger partial charge in [0, 0.05) is 50.2 Å². The number of H-pyrrole nitrogens is 1. The third kappa shape index (κ3) is 4.51. The molecule has 27 heavy (non-hydrogen) atoms. The van der Waals surface area contributed by atoms with Crippen molar-refractivity contribution < 1.29 is 5.11 Å². The lowest BCUT2D eigenvalue weighted by atomic mass is 9.94. The van der Waals surface area contributed by atoms with E-state index in [9.17, 15) is 0 Å². The van der Waals surface area contributed by atoms with Gasteiger partial charge in [-0.05, 0) is 55.0 Å². The summed E-state index contributed by atoms with van der Waals surface area (Å²) in [7, 11) is 0. The van der Waals surface area contributed by atoms with E-state index >= 15 is 0 Å². The molecule has 0 bridgehead atoms. The molecule has 6 nitrogen and oxygen atoms in total. The van der Waals surface area contributed by atoms with E-state index in [2.05, 4.69) is 32.3 Å². The summed E-state index contributed by atoms with van der Waals surface area (Å²) in [5, 5.41) is 13.8. The van der Waals surface area contributed by atoms with Crippen molar-refractivity contribution in [3.8, 4) is 0 Å². The molecule has 1 saturated heterocycles. The number of hydrogen-bond acceptors (Lipinski definition) is 5. The zero-order chi connectivity index (χ0) is 17.8. The van der Waals surface area contributed by atoms with Gasteiger partial charge in [-0.1, -0.05) is 0 Å². The third-order valence-electron chi connectivity index (χ3n) is 5.21. The van der Waals surface area contributed by atoms with Crippen LogP contribution < -0.4 is 10.2 Å². The molecule has 1 aliphatic rings. The van der Waals surface area contributed by atoms with Gasteiger partial charge in [0.15, 0.2) is 5.82 Å². The van der Waals surface area contributed by atoms with Gasteiger partial charge < -0.3 is 20.3 Å². The smallest absolute Gasteiger partial charge is 0.153 e. The first-order chi connectivity index (χ1) is 12.8. The number of fused-ring (bicyclic) bond motifs is 1. The molecule has 7 heteroatoms. The summed E-state index contributed by atoms with van der Waals surface area (Å²) in [6.07, 6.45) is 8.72. The average Bonchev–Trinajstić information content (AvgIpc) is 3.16. The molecule has 0 radical (unpaired) electrons. The largest absolute Gasteiger partial charge is 0.396 e. The Labute approximate surface area is 165 Å². The van der Waals surface area contributed by atoms with Crippen LogP contribution in [0.3, 0.4) is 0 Å². The van der Waals surface area contributed by atoms with Crippen LogP contribution in [0.5, 0.6) is 0 Å². The summed E-state index contributed by atoms with van der Waals surface area (Å²) < 4.78 is 0. The molecule has 1 aliphatic heterocycles. The van der Waals surface area contributed by atoms with Gasteiger partial charge in [-0.15, -0.1) is 12.4 Å². The van der Waals surface area contributed by atoms with Crippen molar-refractivity contribution in [2.24, 2.45) is 5.92 Å². The highest BCUT2D eigenvalue weighted by atomic mass is 35.5. The summed E-state index contributed by atoms with van der Waals surface area (Å²) in [5.41, 5.74) is 2.22. The van der Waals surface area contributed by atoms with Crippen molar-refractivity contribution in [1.29, 1.82) is 0 Å². The Balaban J connectivity index is 0.00000210. The van der Waals surface area contributed by atoms with Crippen molar-refractivity contribution >= 4 is 34.9 Å². The van der Waals surface area contributed by atoms with E-state index in [0.717, 1.165) is 49.5 Å². The highest BCUT2D eigenvalue weighted by Gasteiger charge is 2.21. The lowest BCUT2D eigenvalue weighted by molar-refractivity contribution is 0.240. The number of pyridine rings is 2. The van der Waals surface area contributed by atoms with E-state index in [1.54, 1.807) is 0 Å². The van der Waals surface area contributed by atoms with Gasteiger partial charge in [0.25, 0.3) is 0 Å². The lowest BCUT2D eigenvalue weighted by Gasteiger charge is -2.33. The number of aromatic nitrogens is 3. The summed E-state index contributed by atoms with van der Waals surface area (Å²) in [5.74, 6) is 2.55. The fourth-order valence-corrected chi connectivity index (χ4v) is 3.66. The van der Waals surface area contributed by atoms with Crippen molar-refractivity contribution in [3.05, 3.63) is 48.4 Å². The predicted molar refractivity (Wildman–Crippen MR) is 112 cm³/mol. The highest BCUT2D eigenvalue weighted by Crippen LogP contribution is 2.29. The first-order valence-electron chi connectivity index (χ1n) is 9.30. The van der Waals surface area contributed by atoms with Gasteiger partial charge in [0.05, 0.1) is 5.52 Å². The van der Waals surface area contributed by atoms with Crippen LogP contribution in [0, 0.1) is 5.92 Å². The number of aliphatic hydroxyl groups excluding tert-OH is 1. The molecule has 0 saturated carbocycles. The zero-order valence-corrected chi connectivity index (χ0v) is 16.1. The highest BCUT2D eigenvalue weighted by molar-refractivity contribution is 5.91. The second kappa shape index (κ2) is 9.06. The number of rotatable bonds is 6. The van der Waals surface area contributed by atoms with Crippen LogP contribution in [-0.4, -0.2) is 39.8 Å². The van der Waals surface area contributed by atoms with Gasteiger partial charge in [-0.2, -0.15) is 0 Å². The Kier molecular flexibility index (Phi) is 6.53. The number of aliphatic hydroxyl groups is 1. The SMILES string of the molecule is Cl.OCCC1CCN(c2cc3cc[nH]c3c(NCc3ccncc3)n2)CC1. The van der Waals surface area contributed by atoms with Crippen LogP contribution in [-0.2, 0) is 6.54 Å². The second-order valence-electron chi connectivity index (χ2n) is 6.92. The Hall–Kier alpha value is -2.31. The summed E-state index contributed by atoms with van der Waals surface area (Å²) in [4.78, 5) is 14.6. The van der Waals surface area contributed by atoms with Crippen LogP contribution >= 0.6 is 12.4 Å². The van der Waals surface area contributed by atoms with Gasteiger partial charge in [0.2, 0.25) is 0 Å². The fourth-order valence-electron chi connectivity index (χ4n) is 3.66. The second-order valence-corrected chi connectivity index (χ2v) is 6.92. The molecule has 0 unspecified atom stereocenters. The van der Waals surface area contributed by atoms with Crippen LogP contribution in [0.15, 0.2) is 42.9 Å². The number of halogens is 1. The Morgan fingerprint density at radius 2 is 1.96 bits per heavy atom. The maximum atomic E-state index is 9.14. The molecule has 3 aromatic rings. The van der Waals surface area contributed by atoms with Crippen molar-refractivity contribution in [2.45, 2.75) is 25.8 Å². The van der Waals surface area contributed by atoms with E-state index in [0.29, 0.717) is 19.1 Å². The van der Waals surface area contributed by atoms with Crippen molar-refractivity contribution in [3.63, 3.8) is 0 Å². The topological polar surface area (TPSA) is 77.1 Å². The van der Waals surface area contributed by atoms with Gasteiger partial charge >= 0.3 is 0 Å². The van der Waals surface area contributed by atoms with E-state index in [1.807, 2.05) is 30.7 Å². The third-order valence-corrected chi connectivity index (χ3v) is 5.21. The molecule has 3 aromatic heterocycles. The molecule has 4 rings (SSSR count). The molecular weight excluding hydrogens is 362 g/mol. The number of piperidine rings is 1.